The van der Waals surface area contributed by atoms with E-state index in [0.29, 0.717) is 18.8 Å². The normalized spacial score (nSPS) is 18.6. The summed E-state index contributed by atoms with van der Waals surface area (Å²) < 4.78 is 0. The fraction of sp³-hybridized carbons (Fsp3) is 0.529. The third-order valence-corrected chi connectivity index (χ3v) is 4.12. The lowest BCUT2D eigenvalue weighted by molar-refractivity contribution is -0.137. The van der Waals surface area contributed by atoms with E-state index in [2.05, 4.69) is 29.6 Å². The van der Waals surface area contributed by atoms with E-state index in [0.717, 1.165) is 19.3 Å². The first-order valence-electron chi connectivity index (χ1n) is 7.62. The van der Waals surface area contributed by atoms with E-state index >= 15 is 0 Å². The van der Waals surface area contributed by atoms with Crippen LogP contribution < -0.4 is 5.32 Å². The molecule has 0 bridgehead atoms. The number of carbonyl (C=O) groups is 2. The van der Waals surface area contributed by atoms with Gasteiger partial charge in [-0.25, -0.2) is 0 Å². The fourth-order valence-electron chi connectivity index (χ4n) is 2.96. The van der Waals surface area contributed by atoms with Crippen LogP contribution in [-0.4, -0.2) is 23.0 Å². The minimum Gasteiger partial charge on any atom is -0.481 e. The zero-order valence-corrected chi connectivity index (χ0v) is 12.5. The Hall–Kier alpha value is -1.84. The van der Waals surface area contributed by atoms with E-state index in [1.165, 1.54) is 11.1 Å². The molecule has 2 N–H and O–H groups in total. The van der Waals surface area contributed by atoms with Crippen LogP contribution in [0.15, 0.2) is 24.3 Å². The van der Waals surface area contributed by atoms with Gasteiger partial charge in [-0.15, -0.1) is 0 Å². The Morgan fingerprint density at radius 2 is 2.05 bits per heavy atom. The number of carboxylic acids is 1. The van der Waals surface area contributed by atoms with Crippen LogP contribution in [0.1, 0.15) is 43.7 Å². The molecule has 2 unspecified atom stereocenters. The van der Waals surface area contributed by atoms with E-state index in [4.69, 9.17) is 5.11 Å². The highest BCUT2D eigenvalue weighted by Crippen LogP contribution is 2.27. The number of aryl methyl sites for hydroxylation is 1. The molecule has 2 atom stereocenters. The Bertz CT molecular complexity index is 513. The van der Waals surface area contributed by atoms with Gasteiger partial charge < -0.3 is 10.4 Å². The van der Waals surface area contributed by atoms with Crippen molar-refractivity contribution in [3.8, 4) is 0 Å². The summed E-state index contributed by atoms with van der Waals surface area (Å²) in [5.74, 6) is -0.385. The Morgan fingerprint density at radius 1 is 1.33 bits per heavy atom. The molecule has 1 aliphatic rings. The maximum absolute atomic E-state index is 12.0. The molecule has 0 saturated carbocycles. The molecular formula is C17H23NO3. The molecule has 1 aliphatic carbocycles. The third-order valence-electron chi connectivity index (χ3n) is 4.12. The van der Waals surface area contributed by atoms with Crippen LogP contribution in [0.25, 0.3) is 0 Å². The first-order valence-corrected chi connectivity index (χ1v) is 7.62. The van der Waals surface area contributed by atoms with E-state index in [9.17, 15) is 9.59 Å². The summed E-state index contributed by atoms with van der Waals surface area (Å²) in [6.45, 7) is 1.86. The number of fused-ring (bicyclic) bond motifs is 1. The van der Waals surface area contributed by atoms with Crippen molar-refractivity contribution in [2.75, 3.05) is 0 Å². The summed E-state index contributed by atoms with van der Waals surface area (Å²) in [5, 5.41) is 11.5. The van der Waals surface area contributed by atoms with Crippen LogP contribution in [0, 0.1) is 5.92 Å². The zero-order chi connectivity index (χ0) is 15.2. The predicted molar refractivity (Wildman–Crippen MR) is 81.0 cm³/mol. The minimum absolute atomic E-state index is 0.0391. The fourth-order valence-corrected chi connectivity index (χ4v) is 2.96. The molecule has 2 rings (SSSR count). The largest absolute Gasteiger partial charge is 0.481 e. The Labute approximate surface area is 125 Å². The second-order valence-corrected chi connectivity index (χ2v) is 5.98. The number of rotatable bonds is 6. The molecule has 0 saturated heterocycles. The van der Waals surface area contributed by atoms with Crippen LogP contribution in [0.4, 0.5) is 0 Å². The monoisotopic (exact) mass is 289 g/mol. The molecule has 1 amide bonds. The first kappa shape index (κ1) is 15.5. The van der Waals surface area contributed by atoms with Crippen molar-refractivity contribution in [1.29, 1.82) is 0 Å². The molecule has 0 spiro atoms. The molecule has 1 aromatic rings. The van der Waals surface area contributed by atoms with Gasteiger partial charge in [0.1, 0.15) is 0 Å². The van der Waals surface area contributed by atoms with Crippen LogP contribution in [0.2, 0.25) is 0 Å². The molecule has 4 nitrogen and oxygen atoms in total. The summed E-state index contributed by atoms with van der Waals surface area (Å²) in [6, 6.07) is 8.35. The summed E-state index contributed by atoms with van der Waals surface area (Å²) in [4.78, 5) is 22.5. The lowest BCUT2D eigenvalue weighted by Gasteiger charge is -2.24. The van der Waals surface area contributed by atoms with Gasteiger partial charge in [-0.2, -0.15) is 0 Å². The van der Waals surface area contributed by atoms with Gasteiger partial charge in [0.2, 0.25) is 5.91 Å². The predicted octanol–water partition coefficient (Wildman–Crippen LogP) is 2.55. The second-order valence-electron chi connectivity index (χ2n) is 5.98. The van der Waals surface area contributed by atoms with Crippen molar-refractivity contribution in [1.82, 2.24) is 5.32 Å². The SMILES string of the molecule is CC(CCC(=O)O)NC(=O)CC1CCc2ccccc2C1. The standard InChI is InChI=1S/C17H23NO3/c1-12(6-9-17(20)21)18-16(19)11-13-7-8-14-4-2-3-5-15(14)10-13/h2-5,12-13H,6-11H2,1H3,(H,18,19)(H,20,21). The smallest absolute Gasteiger partial charge is 0.303 e. The van der Waals surface area contributed by atoms with Crippen LogP contribution >= 0.6 is 0 Å². The van der Waals surface area contributed by atoms with Gasteiger partial charge in [0, 0.05) is 18.9 Å². The van der Waals surface area contributed by atoms with Crippen molar-refractivity contribution in [3.63, 3.8) is 0 Å². The molecular weight excluding hydrogens is 266 g/mol. The van der Waals surface area contributed by atoms with Crippen LogP contribution in [0.5, 0.6) is 0 Å². The number of benzene rings is 1. The Kier molecular flexibility index (Phi) is 5.37. The maximum atomic E-state index is 12.0. The van der Waals surface area contributed by atoms with Gasteiger partial charge in [-0.3, -0.25) is 9.59 Å². The third kappa shape index (κ3) is 4.88. The quantitative estimate of drug-likeness (QED) is 0.845. The molecule has 0 aromatic heterocycles. The highest BCUT2D eigenvalue weighted by atomic mass is 16.4. The minimum atomic E-state index is -0.819. The Balaban J connectivity index is 1.77. The van der Waals surface area contributed by atoms with Crippen molar-refractivity contribution in [2.24, 2.45) is 5.92 Å². The number of carboxylic acid groups (broad SMARTS) is 1. The lowest BCUT2D eigenvalue weighted by atomic mass is 9.82. The highest BCUT2D eigenvalue weighted by Gasteiger charge is 2.21. The van der Waals surface area contributed by atoms with Gasteiger partial charge in [0.15, 0.2) is 0 Å². The van der Waals surface area contributed by atoms with Crippen molar-refractivity contribution < 1.29 is 14.7 Å². The van der Waals surface area contributed by atoms with Gasteiger partial charge >= 0.3 is 5.97 Å². The molecule has 0 fully saturated rings. The van der Waals surface area contributed by atoms with Crippen LogP contribution in [0.3, 0.4) is 0 Å². The zero-order valence-electron chi connectivity index (χ0n) is 12.5. The lowest BCUT2D eigenvalue weighted by Crippen LogP contribution is -2.34. The van der Waals surface area contributed by atoms with Gasteiger partial charge in [-0.1, -0.05) is 24.3 Å². The number of hydrogen-bond acceptors (Lipinski definition) is 2. The summed E-state index contributed by atoms with van der Waals surface area (Å²) in [5.41, 5.74) is 2.77. The van der Waals surface area contributed by atoms with Crippen molar-refractivity contribution in [2.45, 2.75) is 51.5 Å². The van der Waals surface area contributed by atoms with E-state index in [1.807, 2.05) is 6.92 Å². The number of hydrogen-bond donors (Lipinski definition) is 2. The number of aliphatic carboxylic acids is 1. The average molecular weight is 289 g/mol. The average Bonchev–Trinajstić information content (AvgIpc) is 2.45. The number of carbonyl (C=O) groups excluding carboxylic acids is 1. The number of amides is 1. The topological polar surface area (TPSA) is 66.4 Å². The molecule has 4 heteroatoms. The summed E-state index contributed by atoms with van der Waals surface area (Å²) >= 11 is 0. The molecule has 0 radical (unpaired) electrons. The molecule has 1 aromatic carbocycles. The molecule has 21 heavy (non-hydrogen) atoms. The summed E-state index contributed by atoms with van der Waals surface area (Å²) in [7, 11) is 0. The number of nitrogens with one attached hydrogen (secondary N) is 1. The van der Waals surface area contributed by atoms with Gasteiger partial charge in [0.25, 0.3) is 0 Å². The maximum Gasteiger partial charge on any atom is 0.303 e. The van der Waals surface area contributed by atoms with Crippen molar-refractivity contribution in [3.05, 3.63) is 35.4 Å². The molecule has 114 valence electrons. The van der Waals surface area contributed by atoms with Gasteiger partial charge in [0.05, 0.1) is 0 Å². The first-order chi connectivity index (χ1) is 10.0. The molecule has 0 aliphatic heterocycles. The van der Waals surface area contributed by atoms with E-state index in [-0.39, 0.29) is 18.4 Å². The second kappa shape index (κ2) is 7.25. The Morgan fingerprint density at radius 3 is 2.76 bits per heavy atom. The van der Waals surface area contributed by atoms with Crippen LogP contribution in [-0.2, 0) is 22.4 Å². The molecule has 0 heterocycles. The summed E-state index contributed by atoms with van der Waals surface area (Å²) in [6.07, 6.45) is 4.17. The van der Waals surface area contributed by atoms with Gasteiger partial charge in [-0.05, 0) is 49.7 Å². The highest BCUT2D eigenvalue weighted by molar-refractivity contribution is 5.76. The van der Waals surface area contributed by atoms with E-state index in [1.54, 1.807) is 0 Å². The van der Waals surface area contributed by atoms with E-state index < -0.39 is 5.97 Å². The van der Waals surface area contributed by atoms with Crippen molar-refractivity contribution >= 4 is 11.9 Å².